The summed E-state index contributed by atoms with van der Waals surface area (Å²) in [4.78, 5) is 0. The highest BCUT2D eigenvalue weighted by Gasteiger charge is 2.42. The van der Waals surface area contributed by atoms with Gasteiger partial charge in [0.15, 0.2) is 0 Å². The molecule has 1 unspecified atom stereocenters. The molecule has 120 valence electrons. The lowest BCUT2D eigenvalue weighted by atomic mass is 9.77. The zero-order chi connectivity index (χ0) is 15.6. The summed E-state index contributed by atoms with van der Waals surface area (Å²) in [7, 11) is 1.87. The van der Waals surface area contributed by atoms with Gasteiger partial charge >= 0.3 is 6.18 Å². The number of hydrogen-bond acceptors (Lipinski definition) is 3. The van der Waals surface area contributed by atoms with E-state index in [4.69, 9.17) is 5.84 Å². The maximum absolute atomic E-state index is 12.7. The largest absolute Gasteiger partial charge is 0.391 e. The van der Waals surface area contributed by atoms with Gasteiger partial charge in [0.2, 0.25) is 0 Å². The molecule has 4 nitrogen and oxygen atoms in total. The Morgan fingerprint density at radius 3 is 2.43 bits per heavy atom. The number of rotatable bonds is 4. The van der Waals surface area contributed by atoms with Crippen LogP contribution in [0, 0.1) is 18.8 Å². The smallest absolute Gasteiger partial charge is 0.272 e. The Morgan fingerprint density at radius 1 is 1.38 bits per heavy atom. The molecule has 1 atom stereocenters. The summed E-state index contributed by atoms with van der Waals surface area (Å²) < 4.78 is 39.9. The molecule has 1 aliphatic rings. The minimum Gasteiger partial charge on any atom is -0.272 e. The van der Waals surface area contributed by atoms with Gasteiger partial charge in [-0.25, -0.2) is 0 Å². The topological polar surface area (TPSA) is 55.9 Å². The van der Waals surface area contributed by atoms with E-state index in [1.807, 2.05) is 20.0 Å². The van der Waals surface area contributed by atoms with Gasteiger partial charge < -0.3 is 0 Å². The molecule has 0 aromatic carbocycles. The Labute approximate surface area is 122 Å². The van der Waals surface area contributed by atoms with Gasteiger partial charge in [0.1, 0.15) is 0 Å². The monoisotopic (exact) mass is 304 g/mol. The molecular weight excluding hydrogens is 281 g/mol. The zero-order valence-electron chi connectivity index (χ0n) is 12.5. The molecule has 1 aromatic heterocycles. The Bertz CT molecular complexity index is 461. The van der Waals surface area contributed by atoms with Crippen molar-refractivity contribution in [3.63, 3.8) is 0 Å². The molecule has 1 saturated carbocycles. The number of nitrogens with two attached hydrogens (primary N) is 1. The van der Waals surface area contributed by atoms with E-state index in [0.717, 1.165) is 11.4 Å². The summed E-state index contributed by atoms with van der Waals surface area (Å²) >= 11 is 0. The van der Waals surface area contributed by atoms with Gasteiger partial charge in [0.25, 0.3) is 0 Å². The lowest BCUT2D eigenvalue weighted by molar-refractivity contribution is -0.184. The molecule has 3 N–H and O–H groups in total. The third kappa shape index (κ3) is 3.97. The molecule has 1 aliphatic carbocycles. The van der Waals surface area contributed by atoms with Crippen molar-refractivity contribution < 1.29 is 13.2 Å². The van der Waals surface area contributed by atoms with Crippen molar-refractivity contribution in [1.82, 2.24) is 15.2 Å². The second-order valence-corrected chi connectivity index (χ2v) is 6.03. The Balaban J connectivity index is 1.95. The first kappa shape index (κ1) is 16.3. The molecule has 0 radical (unpaired) electrons. The van der Waals surface area contributed by atoms with Crippen LogP contribution in [0.25, 0.3) is 0 Å². The van der Waals surface area contributed by atoms with Crippen LogP contribution in [0.15, 0.2) is 6.07 Å². The van der Waals surface area contributed by atoms with E-state index in [1.165, 1.54) is 0 Å². The molecular formula is C14H23F3N4. The number of hydrogen-bond donors (Lipinski definition) is 2. The highest BCUT2D eigenvalue weighted by molar-refractivity contribution is 5.10. The fraction of sp³-hybridized carbons (Fsp3) is 0.786. The number of nitrogens with one attached hydrogen (secondary N) is 1. The molecule has 1 fully saturated rings. The molecule has 1 heterocycles. The summed E-state index contributed by atoms with van der Waals surface area (Å²) in [5.41, 5.74) is 4.77. The highest BCUT2D eigenvalue weighted by Crippen LogP contribution is 2.40. The predicted molar refractivity (Wildman–Crippen MR) is 74.3 cm³/mol. The van der Waals surface area contributed by atoms with E-state index in [0.29, 0.717) is 19.3 Å². The fourth-order valence-electron chi connectivity index (χ4n) is 3.29. The van der Waals surface area contributed by atoms with E-state index in [-0.39, 0.29) is 24.8 Å². The van der Waals surface area contributed by atoms with E-state index in [9.17, 15) is 13.2 Å². The van der Waals surface area contributed by atoms with Crippen LogP contribution >= 0.6 is 0 Å². The van der Waals surface area contributed by atoms with Crippen LogP contribution in [0.4, 0.5) is 13.2 Å². The average molecular weight is 304 g/mol. The van der Waals surface area contributed by atoms with Crippen LogP contribution in [-0.4, -0.2) is 22.0 Å². The fourth-order valence-corrected chi connectivity index (χ4v) is 3.29. The van der Waals surface area contributed by atoms with Crippen molar-refractivity contribution in [1.29, 1.82) is 0 Å². The molecule has 7 heteroatoms. The number of alkyl halides is 3. The van der Waals surface area contributed by atoms with Gasteiger partial charge in [-0.3, -0.25) is 16.0 Å². The quantitative estimate of drug-likeness (QED) is 0.664. The van der Waals surface area contributed by atoms with Crippen molar-refractivity contribution in [2.75, 3.05) is 0 Å². The summed E-state index contributed by atoms with van der Waals surface area (Å²) in [5.74, 6) is 4.66. The van der Waals surface area contributed by atoms with Crippen LogP contribution in [0.2, 0.25) is 0 Å². The first-order chi connectivity index (χ1) is 9.81. The van der Waals surface area contributed by atoms with Gasteiger partial charge in [0, 0.05) is 25.2 Å². The molecule has 0 spiro atoms. The Kier molecular flexibility index (Phi) is 4.93. The van der Waals surface area contributed by atoms with E-state index in [1.54, 1.807) is 4.68 Å². The van der Waals surface area contributed by atoms with Crippen LogP contribution in [0.1, 0.15) is 37.1 Å². The molecule has 21 heavy (non-hydrogen) atoms. The Morgan fingerprint density at radius 2 is 2.00 bits per heavy atom. The molecule has 0 amide bonds. The summed E-state index contributed by atoms with van der Waals surface area (Å²) in [5, 5.41) is 4.29. The Hall–Kier alpha value is -1.08. The van der Waals surface area contributed by atoms with E-state index >= 15 is 0 Å². The van der Waals surface area contributed by atoms with Gasteiger partial charge in [0.05, 0.1) is 11.6 Å². The van der Waals surface area contributed by atoms with E-state index in [2.05, 4.69) is 10.5 Å². The first-order valence-electron chi connectivity index (χ1n) is 7.33. The zero-order valence-corrected chi connectivity index (χ0v) is 12.5. The molecule has 1 aromatic rings. The minimum absolute atomic E-state index is 0.00557. The van der Waals surface area contributed by atoms with Gasteiger partial charge in [-0.1, -0.05) is 0 Å². The lowest BCUT2D eigenvalue weighted by Gasteiger charge is -2.34. The third-order valence-corrected chi connectivity index (χ3v) is 4.55. The second kappa shape index (κ2) is 6.36. The number of aryl methyl sites for hydroxylation is 2. The van der Waals surface area contributed by atoms with Crippen molar-refractivity contribution in [3.8, 4) is 0 Å². The van der Waals surface area contributed by atoms with E-state index < -0.39 is 12.1 Å². The van der Waals surface area contributed by atoms with Gasteiger partial charge in [-0.2, -0.15) is 18.3 Å². The third-order valence-electron chi connectivity index (χ3n) is 4.55. The highest BCUT2D eigenvalue weighted by atomic mass is 19.4. The van der Waals surface area contributed by atoms with Crippen molar-refractivity contribution in [2.24, 2.45) is 24.7 Å². The minimum atomic E-state index is -4.06. The molecule has 0 aliphatic heterocycles. The lowest BCUT2D eigenvalue weighted by Crippen LogP contribution is -2.44. The molecule has 0 saturated heterocycles. The second-order valence-electron chi connectivity index (χ2n) is 6.03. The predicted octanol–water partition coefficient (Wildman–Crippen LogP) is 2.47. The van der Waals surface area contributed by atoms with Crippen molar-refractivity contribution in [2.45, 2.75) is 51.2 Å². The maximum Gasteiger partial charge on any atom is 0.391 e. The van der Waals surface area contributed by atoms with Crippen LogP contribution < -0.4 is 11.3 Å². The van der Waals surface area contributed by atoms with Gasteiger partial charge in [-0.15, -0.1) is 0 Å². The van der Waals surface area contributed by atoms with Gasteiger partial charge in [-0.05, 0) is 44.6 Å². The maximum atomic E-state index is 12.7. The van der Waals surface area contributed by atoms with Crippen LogP contribution in [-0.2, 0) is 13.5 Å². The van der Waals surface area contributed by atoms with Crippen molar-refractivity contribution >= 4 is 0 Å². The number of nitrogens with zero attached hydrogens (tertiary/aromatic N) is 2. The SMILES string of the molecule is Cc1cc(CC(NN)C2CCC(C(F)(F)F)CC2)n(C)n1. The number of aromatic nitrogens is 2. The number of hydrazine groups is 1. The molecule has 2 rings (SSSR count). The average Bonchev–Trinajstić information content (AvgIpc) is 2.73. The van der Waals surface area contributed by atoms with Crippen molar-refractivity contribution in [3.05, 3.63) is 17.5 Å². The standard InChI is InChI=1S/C14H23F3N4/c1-9-7-12(21(2)20-9)8-13(19-18)10-3-5-11(6-4-10)14(15,16)17/h7,10-11,13,19H,3-6,8,18H2,1-2H3. The summed E-state index contributed by atoms with van der Waals surface area (Å²) in [6, 6.07) is 1.99. The van der Waals surface area contributed by atoms with Crippen LogP contribution in [0.3, 0.4) is 0 Å². The number of halogens is 3. The summed E-state index contributed by atoms with van der Waals surface area (Å²) in [6.45, 7) is 1.92. The first-order valence-corrected chi connectivity index (χ1v) is 7.33. The van der Waals surface area contributed by atoms with Crippen LogP contribution in [0.5, 0.6) is 0 Å². The molecule has 0 bridgehead atoms. The summed E-state index contributed by atoms with van der Waals surface area (Å²) in [6.07, 6.45) is -1.83. The normalized spacial score (nSPS) is 25.0.